The van der Waals surface area contributed by atoms with E-state index in [0.29, 0.717) is 11.3 Å². The molecule has 1 aliphatic carbocycles. The van der Waals surface area contributed by atoms with Crippen LogP contribution in [-0.2, 0) is 9.53 Å². The molecule has 1 fully saturated rings. The summed E-state index contributed by atoms with van der Waals surface area (Å²) in [6.45, 7) is 3.53. The van der Waals surface area contributed by atoms with E-state index in [-0.39, 0.29) is 18.1 Å². The number of hydrogen-bond acceptors (Lipinski definition) is 3. The van der Waals surface area contributed by atoms with Gasteiger partial charge in [0, 0.05) is 12.8 Å². The highest BCUT2D eigenvalue weighted by molar-refractivity contribution is 6.04. The monoisotopic (exact) mass is 323 g/mol. The van der Waals surface area contributed by atoms with E-state index in [9.17, 15) is 14.0 Å². The molecule has 2 rings (SSSR count). The first-order chi connectivity index (χ1) is 10.8. The number of aryl methyl sites for hydroxylation is 1. The summed E-state index contributed by atoms with van der Waals surface area (Å²) >= 11 is 0. The number of halogens is 1. The van der Waals surface area contributed by atoms with Crippen molar-refractivity contribution in [3.8, 4) is 0 Å². The second-order valence-corrected chi connectivity index (χ2v) is 6.26. The highest BCUT2D eigenvalue weighted by Gasteiger charge is 2.50. The number of carbonyl (C=O) groups is 2. The van der Waals surface area contributed by atoms with E-state index in [2.05, 4.69) is 5.32 Å². The molecule has 1 saturated carbocycles. The van der Waals surface area contributed by atoms with Gasteiger partial charge in [-0.15, -0.1) is 0 Å². The zero-order chi connectivity index (χ0) is 17.2. The van der Waals surface area contributed by atoms with Gasteiger partial charge in [0.2, 0.25) is 0 Å². The fraction of sp³-hybridized carbons (Fsp3) is 0.529. The van der Waals surface area contributed by atoms with Crippen LogP contribution >= 0.6 is 0 Å². The molecule has 126 valence electrons. The van der Waals surface area contributed by atoms with Crippen LogP contribution in [-0.4, -0.2) is 38.1 Å². The molecule has 0 radical (unpaired) electrons. The number of carbonyl (C=O) groups excluding carboxylic acids is 2. The zero-order valence-electron chi connectivity index (χ0n) is 14.1. The van der Waals surface area contributed by atoms with Crippen LogP contribution in [0.5, 0.6) is 0 Å². The van der Waals surface area contributed by atoms with Crippen LogP contribution in [0.15, 0.2) is 12.1 Å². The van der Waals surface area contributed by atoms with Crippen LogP contribution in [0.25, 0.3) is 0 Å². The average Bonchev–Trinajstić information content (AvgIpc) is 2.39. The van der Waals surface area contributed by atoms with E-state index in [1.807, 2.05) is 14.1 Å². The molecule has 0 bridgehead atoms. The van der Waals surface area contributed by atoms with Gasteiger partial charge in [0.05, 0.1) is 32.0 Å². The molecular weight excluding hydrogens is 299 g/mol. The van der Waals surface area contributed by atoms with Gasteiger partial charge >= 0.3 is 5.97 Å². The van der Waals surface area contributed by atoms with Crippen molar-refractivity contribution in [1.82, 2.24) is 0 Å². The molecule has 0 atom stereocenters. The lowest BCUT2D eigenvalue weighted by Gasteiger charge is -2.42. The first-order valence-electron chi connectivity index (χ1n) is 7.91. The van der Waals surface area contributed by atoms with Crippen molar-refractivity contribution < 1.29 is 23.6 Å². The summed E-state index contributed by atoms with van der Waals surface area (Å²) in [5.41, 5.74) is 0.417. The van der Waals surface area contributed by atoms with Crippen LogP contribution in [0, 0.1) is 12.7 Å². The number of anilines is 1. The van der Waals surface area contributed by atoms with Crippen LogP contribution in [0.3, 0.4) is 0 Å². The summed E-state index contributed by atoms with van der Waals surface area (Å²) in [5.74, 6) is -1.30. The van der Waals surface area contributed by atoms with Gasteiger partial charge < -0.3 is 15.0 Å². The predicted octanol–water partition coefficient (Wildman–Crippen LogP) is 1.32. The van der Waals surface area contributed by atoms with Crippen LogP contribution in [0.4, 0.5) is 10.1 Å². The van der Waals surface area contributed by atoms with Gasteiger partial charge in [0.1, 0.15) is 5.82 Å². The van der Waals surface area contributed by atoms with Crippen molar-refractivity contribution in [1.29, 1.82) is 0 Å². The molecule has 0 aliphatic heterocycles. The number of amides is 1. The largest absolute Gasteiger partial charge is 0.462 e. The lowest BCUT2D eigenvalue weighted by atomic mass is 9.75. The molecule has 2 N–H and O–H groups in total. The van der Waals surface area contributed by atoms with Crippen molar-refractivity contribution in [2.75, 3.05) is 26.0 Å². The lowest BCUT2D eigenvalue weighted by Crippen LogP contribution is -3.18. The van der Waals surface area contributed by atoms with Gasteiger partial charge in [-0.25, -0.2) is 9.18 Å². The lowest BCUT2D eigenvalue weighted by molar-refractivity contribution is -0.910. The third kappa shape index (κ3) is 3.22. The van der Waals surface area contributed by atoms with Gasteiger partial charge in [0.25, 0.3) is 5.91 Å². The minimum Gasteiger partial charge on any atom is -0.462 e. The summed E-state index contributed by atoms with van der Waals surface area (Å²) < 4.78 is 18.6. The maximum Gasteiger partial charge on any atom is 0.340 e. The number of likely N-dealkylation sites (N-methyl/N-ethyl adjacent to an activating group) is 1. The fourth-order valence-electron chi connectivity index (χ4n) is 3.00. The Morgan fingerprint density at radius 1 is 1.35 bits per heavy atom. The third-order valence-corrected chi connectivity index (χ3v) is 4.63. The Kier molecular flexibility index (Phi) is 5.04. The van der Waals surface area contributed by atoms with Crippen LogP contribution in [0.1, 0.15) is 42.1 Å². The number of ether oxygens (including phenoxy) is 1. The quantitative estimate of drug-likeness (QED) is 0.804. The average molecular weight is 323 g/mol. The highest BCUT2D eigenvalue weighted by Crippen LogP contribution is 2.31. The SMILES string of the molecule is CCOC(=O)c1cc(F)cc(C)c1NC(=O)C1([NH+](C)C)CCC1. The highest BCUT2D eigenvalue weighted by atomic mass is 19.1. The third-order valence-electron chi connectivity index (χ3n) is 4.63. The maximum atomic E-state index is 13.7. The summed E-state index contributed by atoms with van der Waals surface area (Å²) in [6, 6.07) is 2.41. The van der Waals surface area contributed by atoms with Crippen molar-refractivity contribution >= 4 is 17.6 Å². The Morgan fingerprint density at radius 3 is 2.48 bits per heavy atom. The molecule has 0 unspecified atom stereocenters. The van der Waals surface area contributed by atoms with Gasteiger partial charge in [0.15, 0.2) is 5.54 Å². The Balaban J connectivity index is 2.35. The summed E-state index contributed by atoms with van der Waals surface area (Å²) in [7, 11) is 3.89. The first kappa shape index (κ1) is 17.4. The molecule has 0 aromatic heterocycles. The summed E-state index contributed by atoms with van der Waals surface area (Å²) in [5, 5.41) is 2.84. The minimum absolute atomic E-state index is 0.0564. The van der Waals surface area contributed by atoms with Crippen molar-refractivity contribution in [2.45, 2.75) is 38.6 Å². The van der Waals surface area contributed by atoms with E-state index in [4.69, 9.17) is 4.74 Å². The molecule has 1 aromatic carbocycles. The van der Waals surface area contributed by atoms with Crippen molar-refractivity contribution in [2.24, 2.45) is 0 Å². The zero-order valence-corrected chi connectivity index (χ0v) is 14.1. The molecule has 23 heavy (non-hydrogen) atoms. The van der Waals surface area contributed by atoms with Gasteiger partial charge in [-0.1, -0.05) is 0 Å². The maximum absolute atomic E-state index is 13.7. The second kappa shape index (κ2) is 6.66. The van der Waals surface area contributed by atoms with Crippen molar-refractivity contribution in [3.63, 3.8) is 0 Å². The summed E-state index contributed by atoms with van der Waals surface area (Å²) in [4.78, 5) is 25.9. The summed E-state index contributed by atoms with van der Waals surface area (Å²) in [6.07, 6.45) is 2.61. The van der Waals surface area contributed by atoms with E-state index in [1.54, 1.807) is 13.8 Å². The topological polar surface area (TPSA) is 59.8 Å². The smallest absolute Gasteiger partial charge is 0.340 e. The van der Waals surface area contributed by atoms with Crippen LogP contribution < -0.4 is 10.2 Å². The predicted molar refractivity (Wildman–Crippen MR) is 85.1 cm³/mol. The number of hydrogen-bond donors (Lipinski definition) is 2. The van der Waals surface area contributed by atoms with E-state index in [0.717, 1.165) is 30.2 Å². The number of rotatable bonds is 5. The Hall–Kier alpha value is -1.95. The fourth-order valence-corrected chi connectivity index (χ4v) is 3.00. The van der Waals surface area contributed by atoms with E-state index >= 15 is 0 Å². The molecule has 0 saturated heterocycles. The Morgan fingerprint density at radius 2 is 2.00 bits per heavy atom. The number of esters is 1. The molecule has 1 amide bonds. The standard InChI is InChI=1S/C17H23FN2O3/c1-5-23-15(21)13-10-12(18)9-11(2)14(13)19-16(22)17(20(3)4)7-6-8-17/h9-10H,5-8H2,1-4H3,(H,19,22)/p+1. The Bertz CT molecular complexity index is 625. The normalized spacial score (nSPS) is 15.9. The van der Waals surface area contributed by atoms with Gasteiger partial charge in [-0.05, 0) is 38.0 Å². The first-order valence-corrected chi connectivity index (χ1v) is 7.91. The van der Waals surface area contributed by atoms with Gasteiger partial charge in [-0.3, -0.25) is 4.79 Å². The molecular formula is C17H24FN2O3+. The minimum atomic E-state index is -0.634. The van der Waals surface area contributed by atoms with Gasteiger partial charge in [-0.2, -0.15) is 0 Å². The second-order valence-electron chi connectivity index (χ2n) is 6.26. The molecule has 5 nitrogen and oxygen atoms in total. The number of benzene rings is 1. The van der Waals surface area contributed by atoms with E-state index < -0.39 is 17.3 Å². The van der Waals surface area contributed by atoms with E-state index in [1.165, 1.54) is 6.07 Å². The molecule has 0 heterocycles. The molecule has 0 spiro atoms. The Labute approximate surface area is 135 Å². The van der Waals surface area contributed by atoms with Crippen LogP contribution in [0.2, 0.25) is 0 Å². The number of nitrogens with one attached hydrogen (secondary N) is 2. The molecule has 6 heteroatoms. The number of quaternary nitrogens is 1. The molecule has 1 aromatic rings. The van der Waals surface area contributed by atoms with Crippen molar-refractivity contribution in [3.05, 3.63) is 29.1 Å². The molecule has 1 aliphatic rings.